The van der Waals surface area contributed by atoms with Crippen LogP contribution in [0.5, 0.6) is 0 Å². The van der Waals surface area contributed by atoms with E-state index in [1.54, 1.807) is 16.8 Å². The first-order valence-corrected chi connectivity index (χ1v) is 10.0. The zero-order valence-electron chi connectivity index (χ0n) is 14.4. The molecule has 2 amide bonds. The van der Waals surface area contributed by atoms with Crippen molar-refractivity contribution in [2.75, 3.05) is 26.4 Å². The Labute approximate surface area is 143 Å². The van der Waals surface area contributed by atoms with Gasteiger partial charge in [-0.15, -0.1) is 0 Å². The molecule has 0 N–H and O–H groups in total. The molecule has 132 valence electrons. The van der Waals surface area contributed by atoms with Gasteiger partial charge in [0, 0.05) is 32.0 Å². The van der Waals surface area contributed by atoms with E-state index >= 15 is 0 Å². The Hall–Kier alpha value is -1.89. The van der Waals surface area contributed by atoms with Crippen LogP contribution >= 0.6 is 0 Å². The highest BCUT2D eigenvalue weighted by Gasteiger charge is 2.35. The quantitative estimate of drug-likeness (QED) is 0.806. The number of hydrogen-bond acceptors (Lipinski definition) is 4. The van der Waals surface area contributed by atoms with Crippen molar-refractivity contribution in [2.24, 2.45) is 0 Å². The number of piperazine rings is 1. The molecule has 0 bridgehead atoms. The van der Waals surface area contributed by atoms with Gasteiger partial charge in [0.25, 0.3) is 5.91 Å². The largest absolute Gasteiger partial charge is 0.342 e. The summed E-state index contributed by atoms with van der Waals surface area (Å²) in [5.41, 5.74) is 0.404. The monoisotopic (exact) mass is 352 g/mol. The lowest BCUT2D eigenvalue weighted by molar-refractivity contribution is -0.138. The number of carbonyl (C=O) groups excluding carboxylic acids is 2. The Balaban J connectivity index is 2.24. The minimum Gasteiger partial charge on any atom is -0.342 e. The average Bonchev–Trinajstić information content (AvgIpc) is 2.55. The minimum atomic E-state index is -3.29. The summed E-state index contributed by atoms with van der Waals surface area (Å²) in [6.45, 7) is 3.05. The summed E-state index contributed by atoms with van der Waals surface area (Å²) in [5.74, 6) is -0.256. The van der Waals surface area contributed by atoms with Crippen LogP contribution in [0.3, 0.4) is 0 Å². The minimum absolute atomic E-state index is 0.0317. The molecule has 1 aliphatic heterocycles. The van der Waals surface area contributed by atoms with Crippen molar-refractivity contribution in [1.29, 1.82) is 0 Å². The fraction of sp³-hybridized carbons (Fsp3) is 0.529. The number of nitrogens with zero attached hydrogens (tertiary/aromatic N) is 2. The van der Waals surface area contributed by atoms with Gasteiger partial charge in [-0.2, -0.15) is 0 Å². The molecule has 0 unspecified atom stereocenters. The number of rotatable bonds is 5. The van der Waals surface area contributed by atoms with Crippen LogP contribution in [0.1, 0.15) is 36.5 Å². The third-order valence-corrected chi connectivity index (χ3v) is 5.46. The zero-order valence-corrected chi connectivity index (χ0v) is 15.2. The summed E-state index contributed by atoms with van der Waals surface area (Å²) in [5, 5.41) is 0. The maximum Gasteiger partial charge on any atom is 0.254 e. The Morgan fingerprint density at radius 2 is 1.83 bits per heavy atom. The fourth-order valence-electron chi connectivity index (χ4n) is 2.84. The molecule has 2 rings (SSSR count). The molecule has 0 spiro atoms. The molecule has 1 aromatic carbocycles. The number of carbonyl (C=O) groups is 2. The van der Waals surface area contributed by atoms with Crippen molar-refractivity contribution >= 4 is 21.7 Å². The van der Waals surface area contributed by atoms with Gasteiger partial charge in [-0.1, -0.05) is 19.8 Å². The van der Waals surface area contributed by atoms with Crippen molar-refractivity contribution in [3.63, 3.8) is 0 Å². The maximum absolute atomic E-state index is 12.8. The lowest BCUT2D eigenvalue weighted by Crippen LogP contribution is -2.57. The van der Waals surface area contributed by atoms with Crippen molar-refractivity contribution in [2.45, 2.75) is 37.1 Å². The summed E-state index contributed by atoms with van der Waals surface area (Å²) in [4.78, 5) is 28.7. The van der Waals surface area contributed by atoms with Crippen LogP contribution in [0, 0.1) is 0 Å². The van der Waals surface area contributed by atoms with E-state index < -0.39 is 15.9 Å². The Bertz CT molecular complexity index is 713. The highest BCUT2D eigenvalue weighted by atomic mass is 32.2. The molecule has 1 heterocycles. The van der Waals surface area contributed by atoms with Gasteiger partial charge in [0.15, 0.2) is 9.84 Å². The van der Waals surface area contributed by atoms with E-state index in [1.165, 1.54) is 24.3 Å². The van der Waals surface area contributed by atoms with Crippen molar-refractivity contribution in [1.82, 2.24) is 9.80 Å². The number of amides is 2. The van der Waals surface area contributed by atoms with E-state index in [0.29, 0.717) is 25.1 Å². The van der Waals surface area contributed by atoms with E-state index in [4.69, 9.17) is 0 Å². The van der Waals surface area contributed by atoms with Gasteiger partial charge in [0.1, 0.15) is 6.04 Å². The maximum atomic E-state index is 12.8. The standard InChI is InChI=1S/C17H24N2O4S/c1-4-5-6-15-17(21)18(2)11-12-19(15)16(20)13-7-9-14(10-8-13)24(3,22)23/h7-10,15H,4-6,11-12H2,1-3H3/t15-/m0/s1. The lowest BCUT2D eigenvalue weighted by Gasteiger charge is -2.39. The van der Waals surface area contributed by atoms with E-state index in [9.17, 15) is 18.0 Å². The van der Waals surface area contributed by atoms with Gasteiger partial charge in [0.2, 0.25) is 5.91 Å². The predicted molar refractivity (Wildman–Crippen MR) is 91.5 cm³/mol. The van der Waals surface area contributed by atoms with Crippen LogP contribution in [0.15, 0.2) is 29.2 Å². The number of hydrogen-bond donors (Lipinski definition) is 0. The normalized spacial score (nSPS) is 18.8. The third-order valence-electron chi connectivity index (χ3n) is 4.34. The van der Waals surface area contributed by atoms with Crippen LogP contribution in [-0.2, 0) is 14.6 Å². The summed E-state index contributed by atoms with van der Waals surface area (Å²) in [7, 11) is -1.54. The second-order valence-electron chi connectivity index (χ2n) is 6.21. The van der Waals surface area contributed by atoms with Gasteiger partial charge in [0.05, 0.1) is 4.90 Å². The number of sulfone groups is 1. The number of likely N-dealkylation sites (N-methyl/N-ethyl adjacent to an activating group) is 1. The van der Waals surface area contributed by atoms with Crippen LogP contribution in [-0.4, -0.2) is 62.5 Å². The van der Waals surface area contributed by atoms with Crippen LogP contribution in [0.25, 0.3) is 0 Å². The lowest BCUT2D eigenvalue weighted by atomic mass is 10.0. The number of benzene rings is 1. The predicted octanol–water partition coefficient (Wildman–Crippen LogP) is 1.56. The van der Waals surface area contributed by atoms with Gasteiger partial charge in [-0.25, -0.2) is 8.42 Å². The van der Waals surface area contributed by atoms with Crippen LogP contribution in [0.4, 0.5) is 0 Å². The SMILES string of the molecule is CCCC[C@H]1C(=O)N(C)CCN1C(=O)c1ccc(S(C)(=O)=O)cc1. The Kier molecular flexibility index (Phi) is 5.64. The Morgan fingerprint density at radius 1 is 1.21 bits per heavy atom. The average molecular weight is 352 g/mol. The molecule has 1 atom stereocenters. The topological polar surface area (TPSA) is 74.8 Å². The molecule has 1 saturated heterocycles. The second kappa shape index (κ2) is 7.34. The fourth-order valence-corrected chi connectivity index (χ4v) is 3.47. The van der Waals surface area contributed by atoms with E-state index in [2.05, 4.69) is 0 Å². The van der Waals surface area contributed by atoms with Gasteiger partial charge >= 0.3 is 0 Å². The summed E-state index contributed by atoms with van der Waals surface area (Å²) >= 11 is 0. The first-order valence-electron chi connectivity index (χ1n) is 8.11. The summed E-state index contributed by atoms with van der Waals surface area (Å²) in [6.07, 6.45) is 3.61. The Morgan fingerprint density at radius 3 is 2.38 bits per heavy atom. The molecule has 1 fully saturated rings. The molecular weight excluding hydrogens is 328 g/mol. The van der Waals surface area contributed by atoms with Crippen molar-refractivity contribution in [3.8, 4) is 0 Å². The van der Waals surface area contributed by atoms with Gasteiger partial charge < -0.3 is 9.80 Å². The number of unbranched alkanes of at least 4 members (excludes halogenated alkanes) is 1. The highest BCUT2D eigenvalue weighted by Crippen LogP contribution is 2.20. The molecule has 1 aliphatic rings. The van der Waals surface area contributed by atoms with Crippen molar-refractivity contribution in [3.05, 3.63) is 29.8 Å². The molecule has 0 aliphatic carbocycles. The molecular formula is C17H24N2O4S. The zero-order chi connectivity index (χ0) is 17.9. The first-order chi connectivity index (χ1) is 11.3. The summed E-state index contributed by atoms with van der Waals surface area (Å²) in [6, 6.07) is 5.45. The van der Waals surface area contributed by atoms with Crippen LogP contribution < -0.4 is 0 Å². The first kappa shape index (κ1) is 18.4. The summed E-state index contributed by atoms with van der Waals surface area (Å²) < 4.78 is 23.0. The highest BCUT2D eigenvalue weighted by molar-refractivity contribution is 7.90. The molecule has 0 aromatic heterocycles. The second-order valence-corrected chi connectivity index (χ2v) is 8.23. The molecule has 7 heteroatoms. The molecule has 0 radical (unpaired) electrons. The third kappa shape index (κ3) is 3.95. The molecule has 0 saturated carbocycles. The van der Waals surface area contributed by atoms with E-state index in [0.717, 1.165) is 19.1 Å². The van der Waals surface area contributed by atoms with Gasteiger partial charge in [-0.05, 0) is 30.7 Å². The van der Waals surface area contributed by atoms with E-state index in [1.807, 2.05) is 6.92 Å². The smallest absolute Gasteiger partial charge is 0.254 e. The molecule has 6 nitrogen and oxygen atoms in total. The van der Waals surface area contributed by atoms with Crippen molar-refractivity contribution < 1.29 is 18.0 Å². The van der Waals surface area contributed by atoms with Crippen LogP contribution in [0.2, 0.25) is 0 Å². The molecule has 24 heavy (non-hydrogen) atoms. The van der Waals surface area contributed by atoms with E-state index in [-0.39, 0.29) is 16.7 Å². The molecule has 1 aromatic rings. The van der Waals surface area contributed by atoms with Gasteiger partial charge in [-0.3, -0.25) is 9.59 Å².